The first-order chi connectivity index (χ1) is 10.1. The molecule has 0 radical (unpaired) electrons. The van der Waals surface area contributed by atoms with Crippen LogP contribution in [0.2, 0.25) is 0 Å². The Hall–Kier alpha value is -2.36. The third-order valence-corrected chi connectivity index (χ3v) is 3.39. The molecule has 1 N–H and O–H groups in total. The fraction of sp³-hybridized carbons (Fsp3) is 0.294. The van der Waals surface area contributed by atoms with Crippen LogP contribution in [0.1, 0.15) is 18.2 Å². The van der Waals surface area contributed by atoms with Gasteiger partial charge in [-0.15, -0.1) is 0 Å². The molecule has 4 heteroatoms. The minimum atomic E-state index is -0.0513. The van der Waals surface area contributed by atoms with Gasteiger partial charge in [0.15, 0.2) is 11.9 Å². The molecule has 0 aliphatic rings. The average molecular weight is 285 g/mol. The minimum absolute atomic E-state index is 0.0513. The second kappa shape index (κ2) is 6.88. The molecule has 2 rings (SSSR count). The number of nitrogens with one attached hydrogen (secondary N) is 1. The molecule has 0 atom stereocenters. The summed E-state index contributed by atoms with van der Waals surface area (Å²) in [5, 5.41) is 2.89. The van der Waals surface area contributed by atoms with E-state index in [2.05, 4.69) is 18.3 Å². The second-order valence-corrected chi connectivity index (χ2v) is 4.94. The SMILES string of the molecule is CCc1ccc(C)[n+](CC(=O)Nc2cccc(OC)c2)c1. The van der Waals surface area contributed by atoms with E-state index in [0.717, 1.165) is 23.6 Å². The molecule has 0 unspecified atom stereocenters. The number of carbonyl (C=O) groups excluding carboxylic acids is 1. The van der Waals surface area contributed by atoms with Crippen LogP contribution in [0, 0.1) is 6.92 Å². The van der Waals surface area contributed by atoms with Gasteiger partial charge in [-0.3, -0.25) is 4.79 Å². The first-order valence-electron chi connectivity index (χ1n) is 7.05. The van der Waals surface area contributed by atoms with Crippen LogP contribution in [0.25, 0.3) is 0 Å². The molecule has 0 saturated heterocycles. The highest BCUT2D eigenvalue weighted by Crippen LogP contribution is 2.16. The van der Waals surface area contributed by atoms with Gasteiger partial charge >= 0.3 is 0 Å². The zero-order chi connectivity index (χ0) is 15.2. The summed E-state index contributed by atoms with van der Waals surface area (Å²) < 4.78 is 7.11. The number of rotatable bonds is 5. The lowest BCUT2D eigenvalue weighted by Gasteiger charge is -2.06. The number of carbonyl (C=O) groups is 1. The minimum Gasteiger partial charge on any atom is -0.497 e. The molecule has 0 fully saturated rings. The topological polar surface area (TPSA) is 42.2 Å². The summed E-state index contributed by atoms with van der Waals surface area (Å²) >= 11 is 0. The predicted octanol–water partition coefficient (Wildman–Crippen LogP) is 2.49. The quantitative estimate of drug-likeness (QED) is 0.858. The van der Waals surface area contributed by atoms with Crippen LogP contribution in [0.3, 0.4) is 0 Å². The number of aryl methyl sites for hydroxylation is 2. The predicted molar refractivity (Wildman–Crippen MR) is 82.4 cm³/mol. The maximum absolute atomic E-state index is 12.2. The number of ether oxygens (including phenoxy) is 1. The van der Waals surface area contributed by atoms with E-state index in [1.54, 1.807) is 13.2 Å². The van der Waals surface area contributed by atoms with Crippen molar-refractivity contribution in [1.82, 2.24) is 0 Å². The molecule has 1 amide bonds. The number of pyridine rings is 1. The number of nitrogens with zero attached hydrogens (tertiary/aromatic N) is 1. The zero-order valence-electron chi connectivity index (χ0n) is 12.7. The average Bonchev–Trinajstić information content (AvgIpc) is 2.49. The highest BCUT2D eigenvalue weighted by molar-refractivity contribution is 5.89. The fourth-order valence-electron chi connectivity index (χ4n) is 2.10. The van der Waals surface area contributed by atoms with Crippen LogP contribution < -0.4 is 14.6 Å². The number of methoxy groups -OCH3 is 1. The normalized spacial score (nSPS) is 10.2. The van der Waals surface area contributed by atoms with Crippen molar-refractivity contribution in [2.24, 2.45) is 0 Å². The second-order valence-electron chi connectivity index (χ2n) is 4.94. The monoisotopic (exact) mass is 285 g/mol. The largest absolute Gasteiger partial charge is 0.497 e. The summed E-state index contributed by atoms with van der Waals surface area (Å²) in [7, 11) is 1.61. The maximum atomic E-state index is 12.2. The number of aromatic nitrogens is 1. The summed E-state index contributed by atoms with van der Waals surface area (Å²) in [6, 6.07) is 11.5. The molecule has 4 nitrogen and oxygen atoms in total. The van der Waals surface area contributed by atoms with Crippen LogP contribution in [0.15, 0.2) is 42.6 Å². The van der Waals surface area contributed by atoms with Crippen molar-refractivity contribution in [3.8, 4) is 5.75 Å². The van der Waals surface area contributed by atoms with E-state index in [1.165, 1.54) is 5.56 Å². The fourth-order valence-corrected chi connectivity index (χ4v) is 2.10. The Bertz CT molecular complexity index is 638. The molecule has 0 aliphatic carbocycles. The van der Waals surface area contributed by atoms with E-state index in [4.69, 9.17) is 4.74 Å². The smallest absolute Gasteiger partial charge is 0.290 e. The summed E-state index contributed by atoms with van der Waals surface area (Å²) in [5.41, 5.74) is 3.02. The number of amides is 1. The summed E-state index contributed by atoms with van der Waals surface area (Å²) in [6.07, 6.45) is 2.98. The first-order valence-corrected chi connectivity index (χ1v) is 7.05. The van der Waals surface area contributed by atoms with E-state index in [0.29, 0.717) is 6.54 Å². The lowest BCUT2D eigenvalue weighted by atomic mass is 10.2. The van der Waals surface area contributed by atoms with Gasteiger partial charge in [-0.25, -0.2) is 0 Å². The molecule has 1 heterocycles. The van der Waals surface area contributed by atoms with Crippen LogP contribution in [0.5, 0.6) is 5.75 Å². The van der Waals surface area contributed by atoms with E-state index in [9.17, 15) is 4.79 Å². The molecule has 0 bridgehead atoms. The Balaban J connectivity index is 2.07. The Morgan fingerprint density at radius 1 is 1.29 bits per heavy atom. The van der Waals surface area contributed by atoms with Gasteiger partial charge in [0.05, 0.1) is 7.11 Å². The van der Waals surface area contributed by atoms with Crippen molar-refractivity contribution in [1.29, 1.82) is 0 Å². The highest BCUT2D eigenvalue weighted by Gasteiger charge is 2.13. The van der Waals surface area contributed by atoms with Gasteiger partial charge in [0, 0.05) is 30.3 Å². The molecule has 1 aromatic heterocycles. The molecule has 0 saturated carbocycles. The van der Waals surface area contributed by atoms with Crippen LogP contribution in [-0.4, -0.2) is 13.0 Å². The standard InChI is InChI=1S/C17H20N2O2/c1-4-14-9-8-13(2)19(11-14)12-17(20)18-15-6-5-7-16(10-15)21-3/h5-11H,4,12H2,1-3H3/p+1. The van der Waals surface area contributed by atoms with Crippen molar-refractivity contribution < 1.29 is 14.1 Å². The molecule has 110 valence electrons. The molecule has 2 aromatic rings. The van der Waals surface area contributed by atoms with E-state index in [1.807, 2.05) is 42.0 Å². The highest BCUT2D eigenvalue weighted by atomic mass is 16.5. The molecular weight excluding hydrogens is 264 g/mol. The summed E-state index contributed by atoms with van der Waals surface area (Å²) in [5.74, 6) is 0.675. The van der Waals surface area contributed by atoms with Gasteiger partial charge in [0.1, 0.15) is 5.75 Å². The van der Waals surface area contributed by atoms with Gasteiger partial charge < -0.3 is 10.1 Å². The van der Waals surface area contributed by atoms with Crippen LogP contribution >= 0.6 is 0 Å². The molecule has 0 spiro atoms. The molecular formula is C17H21N2O2+. The van der Waals surface area contributed by atoms with Gasteiger partial charge in [0.25, 0.3) is 5.91 Å². The van der Waals surface area contributed by atoms with E-state index >= 15 is 0 Å². The summed E-state index contributed by atoms with van der Waals surface area (Å²) in [4.78, 5) is 12.2. The number of anilines is 1. The summed E-state index contributed by atoms with van der Waals surface area (Å²) in [6.45, 7) is 4.40. The number of benzene rings is 1. The van der Waals surface area contributed by atoms with Gasteiger partial charge in [-0.05, 0) is 24.6 Å². The van der Waals surface area contributed by atoms with Gasteiger partial charge in [0.2, 0.25) is 6.54 Å². The van der Waals surface area contributed by atoms with E-state index < -0.39 is 0 Å². The lowest BCUT2D eigenvalue weighted by molar-refractivity contribution is -0.690. The van der Waals surface area contributed by atoms with Crippen molar-refractivity contribution in [3.63, 3.8) is 0 Å². The number of hydrogen-bond donors (Lipinski definition) is 1. The van der Waals surface area contributed by atoms with Crippen LogP contribution in [-0.2, 0) is 17.8 Å². The van der Waals surface area contributed by atoms with Crippen molar-refractivity contribution in [2.75, 3.05) is 12.4 Å². The van der Waals surface area contributed by atoms with Crippen molar-refractivity contribution >= 4 is 11.6 Å². The Kier molecular flexibility index (Phi) is 4.93. The molecule has 0 aliphatic heterocycles. The molecule has 21 heavy (non-hydrogen) atoms. The maximum Gasteiger partial charge on any atom is 0.290 e. The Morgan fingerprint density at radius 3 is 2.81 bits per heavy atom. The van der Waals surface area contributed by atoms with Gasteiger partial charge in [-0.2, -0.15) is 4.57 Å². The lowest BCUT2D eigenvalue weighted by Crippen LogP contribution is -2.43. The Morgan fingerprint density at radius 2 is 2.10 bits per heavy atom. The van der Waals surface area contributed by atoms with E-state index in [-0.39, 0.29) is 5.91 Å². The van der Waals surface area contributed by atoms with Crippen molar-refractivity contribution in [2.45, 2.75) is 26.8 Å². The van der Waals surface area contributed by atoms with Crippen LogP contribution in [0.4, 0.5) is 5.69 Å². The zero-order valence-corrected chi connectivity index (χ0v) is 12.7. The number of hydrogen-bond acceptors (Lipinski definition) is 2. The van der Waals surface area contributed by atoms with Crippen molar-refractivity contribution in [3.05, 3.63) is 53.9 Å². The first kappa shape index (κ1) is 15.0. The molecule has 1 aromatic carbocycles. The third kappa shape index (κ3) is 4.05. The third-order valence-electron chi connectivity index (χ3n) is 3.39. The van der Waals surface area contributed by atoms with Gasteiger partial charge in [-0.1, -0.05) is 13.0 Å². The Labute approximate surface area is 125 Å².